The van der Waals surface area contributed by atoms with E-state index in [4.69, 9.17) is 4.74 Å². The van der Waals surface area contributed by atoms with Crippen molar-refractivity contribution >= 4 is 0 Å². The van der Waals surface area contributed by atoms with Crippen molar-refractivity contribution in [3.8, 4) is 11.3 Å². The third-order valence-electron chi connectivity index (χ3n) is 4.22. The summed E-state index contributed by atoms with van der Waals surface area (Å²) in [4.78, 5) is 4.15. The van der Waals surface area contributed by atoms with Gasteiger partial charge >= 0.3 is 0 Å². The Balaban J connectivity index is 1.85. The Labute approximate surface area is 115 Å². The van der Waals surface area contributed by atoms with E-state index in [0.717, 1.165) is 29.7 Å². The summed E-state index contributed by atoms with van der Waals surface area (Å²) in [6.45, 7) is 0.652. The predicted octanol–water partition coefficient (Wildman–Crippen LogP) is 2.13. The first-order valence-corrected chi connectivity index (χ1v) is 6.87. The highest BCUT2D eigenvalue weighted by atomic mass is 19.1. The van der Waals surface area contributed by atoms with E-state index in [1.54, 1.807) is 18.6 Å². The Morgan fingerprint density at radius 1 is 1.40 bits per heavy atom. The Kier molecular flexibility index (Phi) is 2.65. The summed E-state index contributed by atoms with van der Waals surface area (Å²) in [6, 6.07) is 4.64. The fraction of sp³-hybridized carbons (Fsp3) is 0.400. The lowest BCUT2D eigenvalue weighted by Gasteiger charge is -2.33. The number of rotatable bonds is 1. The van der Waals surface area contributed by atoms with Gasteiger partial charge in [0.1, 0.15) is 11.9 Å². The molecule has 0 spiro atoms. The standard InChI is InChI=1S/C15H15FN2O2/c16-9-3-4-10-11(6-9)12-7-17-8-18(12)14(10)15-13(19)2-1-5-20-15/h3-4,6-8,13-15,19H,1-2,5H2/t13?,14-,15?/m0/s1. The van der Waals surface area contributed by atoms with Crippen LogP contribution < -0.4 is 0 Å². The molecule has 2 aliphatic rings. The van der Waals surface area contributed by atoms with Gasteiger partial charge in [-0.1, -0.05) is 6.07 Å². The van der Waals surface area contributed by atoms with E-state index in [1.165, 1.54) is 12.1 Å². The van der Waals surface area contributed by atoms with Crippen LogP contribution in [0, 0.1) is 5.82 Å². The average Bonchev–Trinajstić information content (AvgIpc) is 3.00. The number of nitrogens with zero attached hydrogens (tertiary/aromatic N) is 2. The van der Waals surface area contributed by atoms with Gasteiger partial charge in [-0.3, -0.25) is 0 Å². The Morgan fingerprint density at radius 3 is 3.15 bits per heavy atom. The van der Waals surface area contributed by atoms with Crippen molar-refractivity contribution in [3.63, 3.8) is 0 Å². The van der Waals surface area contributed by atoms with Crippen LogP contribution in [0.5, 0.6) is 0 Å². The molecule has 2 aliphatic heterocycles. The maximum Gasteiger partial charge on any atom is 0.123 e. The highest BCUT2D eigenvalue weighted by Gasteiger charge is 2.39. The first-order valence-electron chi connectivity index (χ1n) is 6.87. The largest absolute Gasteiger partial charge is 0.390 e. The van der Waals surface area contributed by atoms with Crippen LogP contribution in [-0.2, 0) is 4.74 Å². The lowest BCUT2D eigenvalue weighted by atomic mass is 9.93. The van der Waals surface area contributed by atoms with Crippen LogP contribution in [0.3, 0.4) is 0 Å². The van der Waals surface area contributed by atoms with Crippen molar-refractivity contribution in [2.24, 2.45) is 0 Å². The average molecular weight is 274 g/mol. The summed E-state index contributed by atoms with van der Waals surface area (Å²) in [7, 11) is 0. The lowest BCUT2D eigenvalue weighted by molar-refractivity contribution is -0.0892. The number of hydrogen-bond donors (Lipinski definition) is 1. The Morgan fingerprint density at radius 2 is 2.30 bits per heavy atom. The molecule has 104 valence electrons. The summed E-state index contributed by atoms with van der Waals surface area (Å²) in [5.41, 5.74) is 2.72. The van der Waals surface area contributed by atoms with Crippen LogP contribution in [0.1, 0.15) is 24.4 Å². The molecular formula is C15H15FN2O2. The van der Waals surface area contributed by atoms with Crippen LogP contribution >= 0.6 is 0 Å². The van der Waals surface area contributed by atoms with Gasteiger partial charge in [-0.05, 0) is 30.5 Å². The number of ether oxygens (including phenoxy) is 1. The van der Waals surface area contributed by atoms with E-state index in [9.17, 15) is 9.50 Å². The molecule has 1 aromatic carbocycles. The number of fused-ring (bicyclic) bond motifs is 3. The van der Waals surface area contributed by atoms with E-state index in [-0.39, 0.29) is 18.0 Å². The molecule has 3 atom stereocenters. The van der Waals surface area contributed by atoms with Crippen molar-refractivity contribution in [2.75, 3.05) is 6.61 Å². The predicted molar refractivity (Wildman–Crippen MR) is 70.7 cm³/mol. The van der Waals surface area contributed by atoms with Crippen molar-refractivity contribution < 1.29 is 14.2 Å². The smallest absolute Gasteiger partial charge is 0.123 e. The van der Waals surface area contributed by atoms with Crippen LogP contribution in [0.4, 0.5) is 4.39 Å². The minimum absolute atomic E-state index is 0.126. The monoisotopic (exact) mass is 274 g/mol. The van der Waals surface area contributed by atoms with Crippen LogP contribution in [0.25, 0.3) is 11.3 Å². The van der Waals surface area contributed by atoms with Gasteiger partial charge in [0.25, 0.3) is 0 Å². The fourth-order valence-corrected chi connectivity index (χ4v) is 3.32. The molecule has 1 aromatic heterocycles. The molecule has 5 heteroatoms. The minimum Gasteiger partial charge on any atom is -0.390 e. The Hall–Kier alpha value is -1.72. The molecule has 0 bridgehead atoms. The third-order valence-corrected chi connectivity index (χ3v) is 4.22. The molecule has 0 aliphatic carbocycles. The van der Waals surface area contributed by atoms with Crippen LogP contribution in [0.15, 0.2) is 30.7 Å². The van der Waals surface area contributed by atoms with Crippen LogP contribution in [0.2, 0.25) is 0 Å². The van der Waals surface area contributed by atoms with Gasteiger partial charge in [0.15, 0.2) is 0 Å². The maximum absolute atomic E-state index is 13.5. The lowest BCUT2D eigenvalue weighted by Crippen LogP contribution is -2.40. The number of halogens is 1. The molecule has 2 aromatic rings. The quantitative estimate of drug-likeness (QED) is 0.866. The number of aliphatic hydroxyl groups is 1. The van der Waals surface area contributed by atoms with Gasteiger partial charge in [0, 0.05) is 12.2 Å². The van der Waals surface area contributed by atoms with Gasteiger partial charge in [-0.15, -0.1) is 0 Å². The van der Waals surface area contributed by atoms with Gasteiger partial charge in [0.05, 0.1) is 30.4 Å². The third kappa shape index (κ3) is 1.63. The fourth-order valence-electron chi connectivity index (χ4n) is 3.32. The number of benzene rings is 1. The topological polar surface area (TPSA) is 47.3 Å². The second kappa shape index (κ2) is 4.40. The highest BCUT2D eigenvalue weighted by molar-refractivity contribution is 5.69. The van der Waals surface area contributed by atoms with Gasteiger partial charge in [-0.2, -0.15) is 0 Å². The molecule has 0 radical (unpaired) electrons. The first-order chi connectivity index (χ1) is 9.75. The summed E-state index contributed by atoms with van der Waals surface area (Å²) in [5, 5.41) is 10.2. The molecular weight excluding hydrogens is 259 g/mol. The molecule has 3 heterocycles. The normalized spacial score (nSPS) is 28.2. The van der Waals surface area contributed by atoms with Crippen molar-refractivity contribution in [1.82, 2.24) is 9.55 Å². The van der Waals surface area contributed by atoms with Crippen molar-refractivity contribution in [3.05, 3.63) is 42.1 Å². The zero-order valence-electron chi connectivity index (χ0n) is 10.9. The summed E-state index contributed by atoms with van der Waals surface area (Å²) in [5.74, 6) is -0.262. The molecule has 1 fully saturated rings. The molecule has 2 unspecified atom stereocenters. The number of aromatic nitrogens is 2. The summed E-state index contributed by atoms with van der Waals surface area (Å²) < 4.78 is 21.3. The van der Waals surface area contributed by atoms with E-state index >= 15 is 0 Å². The van der Waals surface area contributed by atoms with Gasteiger partial charge < -0.3 is 14.4 Å². The van der Waals surface area contributed by atoms with Gasteiger partial charge in [-0.25, -0.2) is 9.37 Å². The molecule has 0 saturated carbocycles. The molecule has 4 nitrogen and oxygen atoms in total. The van der Waals surface area contributed by atoms with Crippen LogP contribution in [-0.4, -0.2) is 33.5 Å². The number of aliphatic hydroxyl groups excluding tert-OH is 1. The molecule has 1 N–H and O–H groups in total. The number of imidazole rings is 1. The number of hydrogen-bond acceptors (Lipinski definition) is 3. The minimum atomic E-state index is -0.500. The highest BCUT2D eigenvalue weighted by Crippen LogP contribution is 2.43. The molecule has 20 heavy (non-hydrogen) atoms. The van der Waals surface area contributed by atoms with E-state index < -0.39 is 6.10 Å². The van der Waals surface area contributed by atoms with Crippen molar-refractivity contribution in [2.45, 2.75) is 31.1 Å². The zero-order chi connectivity index (χ0) is 13.7. The molecule has 0 amide bonds. The van der Waals surface area contributed by atoms with Crippen molar-refractivity contribution in [1.29, 1.82) is 0 Å². The second-order valence-corrected chi connectivity index (χ2v) is 5.41. The van der Waals surface area contributed by atoms with Gasteiger partial charge in [0.2, 0.25) is 0 Å². The second-order valence-electron chi connectivity index (χ2n) is 5.41. The van der Waals surface area contributed by atoms with E-state index in [2.05, 4.69) is 4.98 Å². The molecule has 1 saturated heterocycles. The maximum atomic E-state index is 13.5. The summed E-state index contributed by atoms with van der Waals surface area (Å²) >= 11 is 0. The zero-order valence-corrected chi connectivity index (χ0v) is 10.9. The summed E-state index contributed by atoms with van der Waals surface area (Å²) in [6.07, 6.45) is 4.26. The van der Waals surface area contributed by atoms with E-state index in [0.29, 0.717) is 6.61 Å². The first kappa shape index (κ1) is 12.1. The molecule has 4 rings (SSSR count). The SMILES string of the molecule is OC1CCCOC1[C@@H]1c2ccc(F)cc2-c2cncn21. The van der Waals surface area contributed by atoms with E-state index in [1.807, 2.05) is 4.57 Å². The Bertz CT molecular complexity index is 655.